The number of aliphatic hydroxyl groups is 1. The molecule has 4 rings (SSSR count). The highest BCUT2D eigenvalue weighted by atomic mass is 35.5. The number of nitrogens with zero attached hydrogens (tertiary/aromatic N) is 1. The molecule has 2 aliphatic carbocycles. The number of rotatable bonds is 2. The van der Waals surface area contributed by atoms with Gasteiger partial charge in [-0.15, -0.1) is 0 Å². The van der Waals surface area contributed by atoms with Crippen LogP contribution in [0.2, 0.25) is 5.02 Å². The molecular formula is C15H16ClN3O2. The number of benzene rings is 1. The van der Waals surface area contributed by atoms with Crippen LogP contribution in [0.3, 0.4) is 0 Å². The number of carbonyl (C=O) groups excluding carboxylic acids is 1. The van der Waals surface area contributed by atoms with Crippen molar-refractivity contribution in [1.82, 2.24) is 15.5 Å². The first kappa shape index (κ1) is 13.1. The van der Waals surface area contributed by atoms with Crippen molar-refractivity contribution in [3.05, 3.63) is 28.9 Å². The maximum Gasteiger partial charge on any atom is 0.217 e. The van der Waals surface area contributed by atoms with Gasteiger partial charge in [0.15, 0.2) is 0 Å². The van der Waals surface area contributed by atoms with Crippen LogP contribution < -0.4 is 5.32 Å². The predicted octanol–water partition coefficient (Wildman–Crippen LogP) is 1.95. The van der Waals surface area contributed by atoms with Crippen molar-refractivity contribution in [3.63, 3.8) is 0 Å². The summed E-state index contributed by atoms with van der Waals surface area (Å²) in [5.41, 5.74) is 0.801. The van der Waals surface area contributed by atoms with Gasteiger partial charge in [0.1, 0.15) is 0 Å². The Bertz CT molecular complexity index is 730. The Hall–Kier alpha value is -1.59. The molecule has 4 atom stereocenters. The van der Waals surface area contributed by atoms with Crippen LogP contribution in [0.15, 0.2) is 18.3 Å². The number of hydrogen-bond donors (Lipinski definition) is 3. The average Bonchev–Trinajstić information content (AvgIpc) is 2.83. The van der Waals surface area contributed by atoms with Gasteiger partial charge in [-0.2, -0.15) is 5.10 Å². The summed E-state index contributed by atoms with van der Waals surface area (Å²) in [5.74, 6) is 0.720. The third-order valence-corrected chi connectivity index (χ3v) is 5.09. The van der Waals surface area contributed by atoms with Crippen LogP contribution in [0.4, 0.5) is 0 Å². The lowest BCUT2D eigenvalue weighted by Gasteiger charge is -2.27. The van der Waals surface area contributed by atoms with Crippen molar-refractivity contribution in [2.75, 3.05) is 0 Å². The summed E-state index contributed by atoms with van der Waals surface area (Å²) in [5, 5.41) is 22.4. The second-order valence-corrected chi connectivity index (χ2v) is 6.71. The maximum atomic E-state index is 11.1. The molecular weight excluding hydrogens is 290 g/mol. The van der Waals surface area contributed by atoms with E-state index < -0.39 is 5.60 Å². The van der Waals surface area contributed by atoms with E-state index in [0.717, 1.165) is 16.5 Å². The SMILES string of the molecule is CC(=O)NC1[C@H]2CC(O)(c3cc(Cl)cc4[nH]ncc34)C[C@@H]12. The quantitative estimate of drug-likeness (QED) is 0.793. The van der Waals surface area contributed by atoms with Gasteiger partial charge < -0.3 is 10.4 Å². The minimum Gasteiger partial charge on any atom is -0.385 e. The highest BCUT2D eigenvalue weighted by molar-refractivity contribution is 6.31. The van der Waals surface area contributed by atoms with E-state index in [2.05, 4.69) is 15.5 Å². The van der Waals surface area contributed by atoms with Crippen molar-refractivity contribution in [2.24, 2.45) is 11.8 Å². The topological polar surface area (TPSA) is 78.0 Å². The number of fused-ring (bicyclic) bond motifs is 2. The maximum absolute atomic E-state index is 11.1. The molecule has 110 valence electrons. The lowest BCUT2D eigenvalue weighted by Crippen LogP contribution is -2.32. The number of halogens is 1. The molecule has 2 aromatic rings. The smallest absolute Gasteiger partial charge is 0.217 e. The molecule has 2 saturated carbocycles. The molecule has 0 spiro atoms. The molecule has 6 heteroatoms. The van der Waals surface area contributed by atoms with Gasteiger partial charge >= 0.3 is 0 Å². The van der Waals surface area contributed by atoms with Crippen LogP contribution in [0, 0.1) is 11.8 Å². The van der Waals surface area contributed by atoms with Crippen molar-refractivity contribution in [3.8, 4) is 0 Å². The first-order valence-electron chi connectivity index (χ1n) is 7.10. The molecule has 0 aliphatic heterocycles. The lowest BCUT2D eigenvalue weighted by atomic mass is 9.86. The Kier molecular flexibility index (Phi) is 2.63. The average molecular weight is 306 g/mol. The van der Waals surface area contributed by atoms with Gasteiger partial charge in [-0.25, -0.2) is 0 Å². The molecule has 1 heterocycles. The summed E-state index contributed by atoms with van der Waals surface area (Å²) >= 11 is 6.15. The fraction of sp³-hybridized carbons (Fsp3) is 0.467. The van der Waals surface area contributed by atoms with E-state index in [4.69, 9.17) is 11.6 Å². The van der Waals surface area contributed by atoms with Crippen molar-refractivity contribution < 1.29 is 9.90 Å². The van der Waals surface area contributed by atoms with E-state index in [9.17, 15) is 9.90 Å². The molecule has 1 aromatic heterocycles. The highest BCUT2D eigenvalue weighted by Crippen LogP contribution is 2.60. The van der Waals surface area contributed by atoms with Gasteiger partial charge in [-0.1, -0.05) is 11.6 Å². The Balaban J connectivity index is 1.65. The van der Waals surface area contributed by atoms with Crippen LogP contribution in [-0.2, 0) is 10.4 Å². The standard InChI is InChI=1S/C15H16ClN3O2/c1-7(20)18-14-9-4-15(21,5-10(9)14)12-2-8(16)3-13-11(12)6-17-19-13/h2-3,6,9-10,14,21H,4-5H2,1H3,(H,17,19)(H,18,20)/t9-,10+,14?,15?. The summed E-state index contributed by atoms with van der Waals surface area (Å²) in [6.07, 6.45) is 3.04. The minimum atomic E-state index is -0.878. The molecule has 21 heavy (non-hydrogen) atoms. The molecule has 3 N–H and O–H groups in total. The molecule has 0 radical (unpaired) electrons. The van der Waals surface area contributed by atoms with E-state index >= 15 is 0 Å². The highest BCUT2D eigenvalue weighted by Gasteiger charge is 2.62. The van der Waals surface area contributed by atoms with Gasteiger partial charge in [0.05, 0.1) is 17.3 Å². The molecule has 5 nitrogen and oxygen atoms in total. The van der Waals surface area contributed by atoms with Crippen LogP contribution in [0.25, 0.3) is 10.9 Å². The zero-order chi connectivity index (χ0) is 14.8. The number of H-pyrrole nitrogens is 1. The Morgan fingerprint density at radius 2 is 2.19 bits per heavy atom. The fourth-order valence-corrected chi connectivity index (χ4v) is 4.15. The van der Waals surface area contributed by atoms with Gasteiger partial charge in [-0.3, -0.25) is 9.89 Å². The summed E-state index contributed by atoms with van der Waals surface area (Å²) in [4.78, 5) is 11.1. The molecule has 1 aromatic carbocycles. The first-order valence-corrected chi connectivity index (χ1v) is 7.48. The summed E-state index contributed by atoms with van der Waals surface area (Å²) < 4.78 is 0. The van der Waals surface area contributed by atoms with Crippen LogP contribution in [-0.4, -0.2) is 27.3 Å². The Morgan fingerprint density at radius 1 is 1.48 bits per heavy atom. The molecule has 1 amide bonds. The minimum absolute atomic E-state index is 0.00193. The fourth-order valence-electron chi connectivity index (χ4n) is 3.93. The van der Waals surface area contributed by atoms with E-state index in [1.54, 1.807) is 6.20 Å². The summed E-state index contributed by atoms with van der Waals surface area (Å²) in [7, 11) is 0. The van der Waals surface area contributed by atoms with Crippen LogP contribution in [0.1, 0.15) is 25.3 Å². The number of hydrogen-bond acceptors (Lipinski definition) is 3. The third kappa shape index (κ3) is 1.95. The van der Waals surface area contributed by atoms with Gasteiger partial charge in [0.2, 0.25) is 5.91 Å². The van der Waals surface area contributed by atoms with E-state index in [1.807, 2.05) is 12.1 Å². The Morgan fingerprint density at radius 3 is 2.86 bits per heavy atom. The van der Waals surface area contributed by atoms with Crippen molar-refractivity contribution >= 4 is 28.4 Å². The molecule has 2 aliphatic rings. The van der Waals surface area contributed by atoms with Crippen molar-refractivity contribution in [1.29, 1.82) is 0 Å². The first-order chi connectivity index (χ1) is 9.98. The van der Waals surface area contributed by atoms with Crippen LogP contribution >= 0.6 is 11.6 Å². The van der Waals surface area contributed by atoms with Gasteiger partial charge in [-0.05, 0) is 42.4 Å². The zero-order valence-electron chi connectivity index (χ0n) is 11.6. The number of aromatic nitrogens is 2. The Labute approximate surface area is 126 Å². The summed E-state index contributed by atoms with van der Waals surface area (Å²) in [6, 6.07) is 3.87. The largest absolute Gasteiger partial charge is 0.385 e. The van der Waals surface area contributed by atoms with E-state index in [0.29, 0.717) is 29.7 Å². The second-order valence-electron chi connectivity index (χ2n) is 6.28. The summed E-state index contributed by atoms with van der Waals surface area (Å²) in [6.45, 7) is 1.53. The molecule has 2 fully saturated rings. The normalized spacial score (nSPS) is 34.0. The number of aromatic amines is 1. The van der Waals surface area contributed by atoms with E-state index in [-0.39, 0.29) is 11.9 Å². The predicted molar refractivity (Wildman–Crippen MR) is 78.8 cm³/mol. The molecule has 0 bridgehead atoms. The third-order valence-electron chi connectivity index (χ3n) is 4.87. The van der Waals surface area contributed by atoms with Gasteiger partial charge in [0.25, 0.3) is 0 Å². The second kappa shape index (κ2) is 4.21. The van der Waals surface area contributed by atoms with Crippen LogP contribution in [0.5, 0.6) is 0 Å². The lowest BCUT2D eigenvalue weighted by molar-refractivity contribution is -0.119. The molecule has 2 unspecified atom stereocenters. The number of nitrogens with one attached hydrogen (secondary N) is 2. The molecule has 0 saturated heterocycles. The monoisotopic (exact) mass is 305 g/mol. The number of carbonyl (C=O) groups is 1. The van der Waals surface area contributed by atoms with E-state index in [1.165, 1.54) is 6.92 Å². The van der Waals surface area contributed by atoms with Gasteiger partial charge in [0, 0.05) is 23.4 Å². The van der Waals surface area contributed by atoms with Crippen molar-refractivity contribution in [2.45, 2.75) is 31.4 Å². The number of amides is 1. The zero-order valence-corrected chi connectivity index (χ0v) is 12.3.